The predicted molar refractivity (Wildman–Crippen MR) is 89.9 cm³/mol. The fourth-order valence-electron chi connectivity index (χ4n) is 3.50. The van der Waals surface area contributed by atoms with Crippen LogP contribution in [0.25, 0.3) is 0 Å². The minimum atomic E-state index is -0.331. The summed E-state index contributed by atoms with van der Waals surface area (Å²) in [5.74, 6) is 0.871. The first kappa shape index (κ1) is 16.2. The molecule has 3 aliphatic rings. The molecular formula is C18H22N2O5. The fourth-order valence-corrected chi connectivity index (χ4v) is 3.50. The number of carbonyl (C=O) groups excluding carboxylic acids is 2. The average molecular weight is 346 g/mol. The third-order valence-corrected chi connectivity index (χ3v) is 4.86. The highest BCUT2D eigenvalue weighted by Crippen LogP contribution is 2.35. The maximum absolute atomic E-state index is 12.4. The van der Waals surface area contributed by atoms with Crippen molar-refractivity contribution in [3.8, 4) is 11.5 Å². The zero-order valence-corrected chi connectivity index (χ0v) is 14.0. The Morgan fingerprint density at radius 3 is 2.84 bits per heavy atom. The first-order chi connectivity index (χ1) is 12.2. The third kappa shape index (κ3) is 3.42. The van der Waals surface area contributed by atoms with Crippen LogP contribution in [0.4, 0.5) is 5.69 Å². The number of anilines is 1. The summed E-state index contributed by atoms with van der Waals surface area (Å²) in [7, 11) is 0. The first-order valence-corrected chi connectivity index (χ1v) is 8.80. The molecule has 0 unspecified atom stereocenters. The molecule has 0 aromatic heterocycles. The van der Waals surface area contributed by atoms with Crippen LogP contribution in [-0.4, -0.2) is 50.8 Å². The van der Waals surface area contributed by atoms with Gasteiger partial charge in [0.1, 0.15) is 13.2 Å². The van der Waals surface area contributed by atoms with Crippen molar-refractivity contribution in [3.63, 3.8) is 0 Å². The number of amides is 2. The standard InChI is InChI=1S/C18H22N2O5/c21-17-8-12(18(22)19-10-14-2-1-5-23-14)11-20(17)13-3-4-15-16(9-13)25-7-6-24-15/h3-4,9,12,14H,1-2,5-8,10-11H2,(H,19,22)/t12-,14-/m1/s1. The smallest absolute Gasteiger partial charge is 0.227 e. The SMILES string of the molecule is O=C(NC[C@H]1CCCO1)[C@@H]1CC(=O)N(c2ccc3c(c2)OCCO3)C1. The number of benzene rings is 1. The van der Waals surface area contributed by atoms with E-state index >= 15 is 0 Å². The first-order valence-electron chi connectivity index (χ1n) is 8.80. The van der Waals surface area contributed by atoms with Crippen LogP contribution in [-0.2, 0) is 14.3 Å². The van der Waals surface area contributed by atoms with E-state index in [0.29, 0.717) is 37.8 Å². The molecule has 134 valence electrons. The van der Waals surface area contributed by atoms with Gasteiger partial charge in [-0.2, -0.15) is 0 Å². The maximum Gasteiger partial charge on any atom is 0.227 e. The molecular weight excluding hydrogens is 324 g/mol. The van der Waals surface area contributed by atoms with Gasteiger partial charge >= 0.3 is 0 Å². The van der Waals surface area contributed by atoms with Crippen molar-refractivity contribution in [3.05, 3.63) is 18.2 Å². The number of ether oxygens (including phenoxy) is 3. The van der Waals surface area contributed by atoms with E-state index in [1.165, 1.54) is 0 Å². The van der Waals surface area contributed by atoms with Crippen LogP contribution in [0.3, 0.4) is 0 Å². The van der Waals surface area contributed by atoms with Gasteiger partial charge in [0, 0.05) is 37.9 Å². The number of carbonyl (C=O) groups is 2. The monoisotopic (exact) mass is 346 g/mol. The molecule has 1 aromatic rings. The van der Waals surface area contributed by atoms with Gasteiger partial charge in [0.2, 0.25) is 11.8 Å². The highest BCUT2D eigenvalue weighted by atomic mass is 16.6. The van der Waals surface area contributed by atoms with Crippen molar-refractivity contribution >= 4 is 17.5 Å². The van der Waals surface area contributed by atoms with Crippen LogP contribution < -0.4 is 19.7 Å². The van der Waals surface area contributed by atoms with E-state index in [1.807, 2.05) is 12.1 Å². The molecule has 0 radical (unpaired) electrons. The molecule has 0 bridgehead atoms. The van der Waals surface area contributed by atoms with Crippen molar-refractivity contribution in [2.45, 2.75) is 25.4 Å². The van der Waals surface area contributed by atoms with E-state index in [4.69, 9.17) is 14.2 Å². The Balaban J connectivity index is 1.39. The van der Waals surface area contributed by atoms with Crippen molar-refractivity contribution in [1.29, 1.82) is 0 Å². The van der Waals surface area contributed by atoms with Gasteiger partial charge in [0.25, 0.3) is 0 Å². The number of fused-ring (bicyclic) bond motifs is 1. The molecule has 0 aliphatic carbocycles. The Kier molecular flexibility index (Phi) is 4.48. The summed E-state index contributed by atoms with van der Waals surface area (Å²) in [6, 6.07) is 5.44. The molecule has 2 atom stereocenters. The molecule has 1 N–H and O–H groups in total. The molecule has 4 rings (SSSR count). The van der Waals surface area contributed by atoms with Gasteiger partial charge in [-0.05, 0) is 25.0 Å². The molecule has 2 fully saturated rings. The van der Waals surface area contributed by atoms with Crippen LogP contribution in [0.5, 0.6) is 11.5 Å². The Hall–Kier alpha value is -2.28. The molecule has 7 heteroatoms. The highest BCUT2D eigenvalue weighted by molar-refractivity contribution is 6.00. The second kappa shape index (κ2) is 6.92. The molecule has 7 nitrogen and oxygen atoms in total. The summed E-state index contributed by atoms with van der Waals surface area (Å²) in [6.07, 6.45) is 2.36. The van der Waals surface area contributed by atoms with Crippen LogP contribution in [0.1, 0.15) is 19.3 Å². The Morgan fingerprint density at radius 2 is 2.04 bits per heavy atom. The lowest BCUT2D eigenvalue weighted by molar-refractivity contribution is -0.126. The Bertz CT molecular complexity index is 671. The van der Waals surface area contributed by atoms with Crippen LogP contribution in [0.2, 0.25) is 0 Å². The average Bonchev–Trinajstić information content (AvgIpc) is 3.29. The molecule has 2 saturated heterocycles. The topological polar surface area (TPSA) is 77.1 Å². The van der Waals surface area contributed by atoms with Gasteiger partial charge in [0.15, 0.2) is 11.5 Å². The quantitative estimate of drug-likeness (QED) is 0.884. The number of hydrogen-bond donors (Lipinski definition) is 1. The number of nitrogens with one attached hydrogen (secondary N) is 1. The number of rotatable bonds is 4. The Labute approximate surface area is 146 Å². The minimum absolute atomic E-state index is 0.0473. The summed E-state index contributed by atoms with van der Waals surface area (Å²) >= 11 is 0. The van der Waals surface area contributed by atoms with Gasteiger partial charge in [-0.1, -0.05) is 0 Å². The van der Waals surface area contributed by atoms with Gasteiger partial charge in [0.05, 0.1) is 12.0 Å². The van der Waals surface area contributed by atoms with Gasteiger partial charge < -0.3 is 24.4 Å². The molecule has 1 aromatic carbocycles. The fraction of sp³-hybridized carbons (Fsp3) is 0.556. The van der Waals surface area contributed by atoms with Crippen molar-refractivity contribution in [2.24, 2.45) is 5.92 Å². The van der Waals surface area contributed by atoms with Crippen molar-refractivity contribution in [2.75, 3.05) is 37.8 Å². The lowest BCUT2D eigenvalue weighted by atomic mass is 10.1. The van der Waals surface area contributed by atoms with E-state index in [-0.39, 0.29) is 30.3 Å². The van der Waals surface area contributed by atoms with Crippen LogP contribution >= 0.6 is 0 Å². The summed E-state index contributed by atoms with van der Waals surface area (Å²) in [5, 5.41) is 2.92. The van der Waals surface area contributed by atoms with Crippen LogP contribution in [0.15, 0.2) is 18.2 Å². The lowest BCUT2D eigenvalue weighted by Gasteiger charge is -2.22. The molecule has 25 heavy (non-hydrogen) atoms. The van der Waals surface area contributed by atoms with Gasteiger partial charge in [-0.3, -0.25) is 9.59 Å². The van der Waals surface area contributed by atoms with Crippen molar-refractivity contribution in [1.82, 2.24) is 5.32 Å². The van der Waals surface area contributed by atoms with Crippen LogP contribution in [0, 0.1) is 5.92 Å². The van der Waals surface area contributed by atoms with E-state index in [0.717, 1.165) is 25.1 Å². The summed E-state index contributed by atoms with van der Waals surface area (Å²) in [4.78, 5) is 26.4. The second-order valence-corrected chi connectivity index (χ2v) is 6.61. The van der Waals surface area contributed by atoms with E-state index in [1.54, 1.807) is 11.0 Å². The Morgan fingerprint density at radius 1 is 1.20 bits per heavy atom. The lowest BCUT2D eigenvalue weighted by Crippen LogP contribution is -2.37. The van der Waals surface area contributed by atoms with E-state index < -0.39 is 0 Å². The minimum Gasteiger partial charge on any atom is -0.486 e. The highest BCUT2D eigenvalue weighted by Gasteiger charge is 2.35. The second-order valence-electron chi connectivity index (χ2n) is 6.61. The normalized spacial score (nSPS) is 25.3. The molecule has 0 saturated carbocycles. The molecule has 0 spiro atoms. The third-order valence-electron chi connectivity index (χ3n) is 4.86. The zero-order chi connectivity index (χ0) is 17.2. The van der Waals surface area contributed by atoms with E-state index in [2.05, 4.69) is 5.32 Å². The van der Waals surface area contributed by atoms with Gasteiger partial charge in [-0.25, -0.2) is 0 Å². The predicted octanol–water partition coefficient (Wildman–Crippen LogP) is 1.11. The number of hydrogen-bond acceptors (Lipinski definition) is 5. The maximum atomic E-state index is 12.4. The van der Waals surface area contributed by atoms with E-state index in [9.17, 15) is 9.59 Å². The van der Waals surface area contributed by atoms with Crippen molar-refractivity contribution < 1.29 is 23.8 Å². The number of nitrogens with zero attached hydrogens (tertiary/aromatic N) is 1. The molecule has 3 aliphatic heterocycles. The summed E-state index contributed by atoms with van der Waals surface area (Å²) in [5.41, 5.74) is 0.740. The largest absolute Gasteiger partial charge is 0.486 e. The molecule has 3 heterocycles. The molecule has 2 amide bonds. The zero-order valence-electron chi connectivity index (χ0n) is 14.0. The summed E-state index contributed by atoms with van der Waals surface area (Å²) in [6.45, 7) is 2.70. The van der Waals surface area contributed by atoms with Gasteiger partial charge in [-0.15, -0.1) is 0 Å². The summed E-state index contributed by atoms with van der Waals surface area (Å²) < 4.78 is 16.6.